The van der Waals surface area contributed by atoms with Crippen LogP contribution in [0.2, 0.25) is 0 Å². The number of aromatic nitrogens is 1. The Morgan fingerprint density at radius 2 is 1.80 bits per heavy atom. The van der Waals surface area contributed by atoms with Crippen molar-refractivity contribution >= 4 is 5.97 Å². The molecule has 1 aliphatic rings. The second-order valence-electron chi connectivity index (χ2n) is 6.12. The van der Waals surface area contributed by atoms with Gasteiger partial charge in [-0.15, -0.1) is 0 Å². The van der Waals surface area contributed by atoms with Gasteiger partial charge in [-0.2, -0.15) is 4.57 Å². The second kappa shape index (κ2) is 7.13. The zero-order chi connectivity index (χ0) is 18.0. The van der Waals surface area contributed by atoms with Gasteiger partial charge in [0.15, 0.2) is 24.2 Å². The van der Waals surface area contributed by atoms with Crippen LogP contribution in [0.4, 0.5) is 0 Å². The number of carbonyl (C=O) groups is 1. The van der Waals surface area contributed by atoms with Crippen LogP contribution in [0.3, 0.4) is 0 Å². The molecule has 2 aromatic rings. The van der Waals surface area contributed by atoms with E-state index in [0.717, 1.165) is 42.0 Å². The summed E-state index contributed by atoms with van der Waals surface area (Å²) in [5.74, 6) is 1.24. The standard InChI is InChI=1S/C20H24NO4/c1-5-13-12-21-7-6-14-9-18(23-2)19(24-3)11-16(14)17(21)8-15(13)10-20(22)25-4/h8-9,11-12H,5-7,10H2,1-4H3/q+1. The lowest BCUT2D eigenvalue weighted by Crippen LogP contribution is -2.41. The van der Waals surface area contributed by atoms with Crippen molar-refractivity contribution in [2.45, 2.75) is 32.7 Å². The van der Waals surface area contributed by atoms with Crippen molar-refractivity contribution in [2.24, 2.45) is 0 Å². The second-order valence-corrected chi connectivity index (χ2v) is 6.12. The van der Waals surface area contributed by atoms with Gasteiger partial charge >= 0.3 is 5.97 Å². The van der Waals surface area contributed by atoms with Crippen LogP contribution in [0.15, 0.2) is 24.4 Å². The Balaban J connectivity index is 2.14. The molecule has 0 spiro atoms. The van der Waals surface area contributed by atoms with Crippen molar-refractivity contribution < 1.29 is 23.6 Å². The first kappa shape index (κ1) is 17.3. The Hall–Kier alpha value is -2.56. The first-order chi connectivity index (χ1) is 12.1. The molecule has 0 saturated carbocycles. The molecule has 5 nitrogen and oxygen atoms in total. The first-order valence-corrected chi connectivity index (χ1v) is 8.48. The Kier molecular flexibility index (Phi) is 4.93. The van der Waals surface area contributed by atoms with Gasteiger partial charge in [-0.25, -0.2) is 0 Å². The van der Waals surface area contributed by atoms with Crippen molar-refractivity contribution in [3.05, 3.63) is 41.1 Å². The molecular formula is C20H24NO4+. The third kappa shape index (κ3) is 3.18. The smallest absolute Gasteiger partial charge is 0.309 e. The molecule has 25 heavy (non-hydrogen) atoms. The fraction of sp³-hybridized carbons (Fsp3) is 0.400. The van der Waals surface area contributed by atoms with Gasteiger partial charge in [0.2, 0.25) is 5.69 Å². The third-order valence-electron chi connectivity index (χ3n) is 4.80. The molecule has 0 bridgehead atoms. The highest BCUT2D eigenvalue weighted by atomic mass is 16.5. The van der Waals surface area contributed by atoms with E-state index in [1.54, 1.807) is 14.2 Å². The number of ether oxygens (including phenoxy) is 3. The number of fused-ring (bicyclic) bond motifs is 3. The van der Waals surface area contributed by atoms with Crippen LogP contribution in [0, 0.1) is 0 Å². The molecule has 0 fully saturated rings. The lowest BCUT2D eigenvalue weighted by Gasteiger charge is -2.19. The minimum Gasteiger partial charge on any atom is -0.493 e. The molecule has 0 atom stereocenters. The molecule has 0 radical (unpaired) electrons. The van der Waals surface area contributed by atoms with E-state index in [0.29, 0.717) is 5.75 Å². The normalized spacial score (nSPS) is 12.2. The van der Waals surface area contributed by atoms with Crippen molar-refractivity contribution in [1.82, 2.24) is 0 Å². The molecule has 0 aliphatic carbocycles. The minimum atomic E-state index is -0.219. The number of methoxy groups -OCH3 is 3. The summed E-state index contributed by atoms with van der Waals surface area (Å²) in [6, 6.07) is 6.18. The summed E-state index contributed by atoms with van der Waals surface area (Å²) >= 11 is 0. The van der Waals surface area contributed by atoms with Crippen LogP contribution >= 0.6 is 0 Å². The quantitative estimate of drug-likeness (QED) is 0.619. The first-order valence-electron chi connectivity index (χ1n) is 8.48. The predicted octanol–water partition coefficient (Wildman–Crippen LogP) is 2.49. The number of hydrogen-bond acceptors (Lipinski definition) is 4. The number of carbonyl (C=O) groups excluding carboxylic acids is 1. The Labute approximate surface area is 148 Å². The summed E-state index contributed by atoms with van der Waals surface area (Å²) < 4.78 is 18.0. The van der Waals surface area contributed by atoms with Crippen molar-refractivity contribution in [3.8, 4) is 22.8 Å². The monoisotopic (exact) mass is 342 g/mol. The highest BCUT2D eigenvalue weighted by Gasteiger charge is 2.27. The van der Waals surface area contributed by atoms with E-state index in [1.807, 2.05) is 12.1 Å². The van der Waals surface area contributed by atoms with Crippen molar-refractivity contribution in [1.29, 1.82) is 0 Å². The van der Waals surface area contributed by atoms with Gasteiger partial charge in [0.25, 0.3) is 0 Å². The van der Waals surface area contributed by atoms with Crippen LogP contribution < -0.4 is 14.0 Å². The maximum atomic E-state index is 11.8. The number of hydrogen-bond donors (Lipinski definition) is 0. The van der Waals surface area contributed by atoms with E-state index in [2.05, 4.69) is 23.8 Å². The SMILES string of the molecule is CCc1c[n+]2c(cc1CC(=O)OC)-c1cc(OC)c(OC)cc1CC2. The van der Waals surface area contributed by atoms with Gasteiger partial charge in [0, 0.05) is 18.1 Å². The van der Waals surface area contributed by atoms with Gasteiger partial charge in [-0.05, 0) is 29.7 Å². The van der Waals surface area contributed by atoms with E-state index in [4.69, 9.17) is 14.2 Å². The van der Waals surface area contributed by atoms with E-state index in [9.17, 15) is 4.79 Å². The van der Waals surface area contributed by atoms with Crippen molar-refractivity contribution in [2.75, 3.05) is 21.3 Å². The molecule has 1 aromatic heterocycles. The average Bonchev–Trinajstić information content (AvgIpc) is 2.65. The summed E-state index contributed by atoms with van der Waals surface area (Å²) in [7, 11) is 4.72. The van der Waals surface area contributed by atoms with Gasteiger partial charge in [0.05, 0.1) is 33.3 Å². The molecular weight excluding hydrogens is 318 g/mol. The highest BCUT2D eigenvalue weighted by Crippen LogP contribution is 2.37. The Morgan fingerprint density at radius 3 is 2.44 bits per heavy atom. The molecule has 2 heterocycles. The zero-order valence-electron chi connectivity index (χ0n) is 15.2. The Bertz CT molecular complexity index is 814. The number of rotatable bonds is 5. The van der Waals surface area contributed by atoms with Gasteiger partial charge in [-0.1, -0.05) is 6.92 Å². The molecule has 3 rings (SSSR count). The third-order valence-corrected chi connectivity index (χ3v) is 4.80. The van der Waals surface area contributed by atoms with E-state index < -0.39 is 0 Å². The minimum absolute atomic E-state index is 0.219. The average molecular weight is 342 g/mol. The molecule has 132 valence electrons. The maximum Gasteiger partial charge on any atom is 0.309 e. The number of aryl methyl sites for hydroxylation is 3. The predicted molar refractivity (Wildman–Crippen MR) is 94.0 cm³/mol. The molecule has 0 amide bonds. The van der Waals surface area contributed by atoms with E-state index in [-0.39, 0.29) is 12.4 Å². The molecule has 0 saturated heterocycles. The summed E-state index contributed by atoms with van der Waals surface area (Å²) in [4.78, 5) is 11.8. The van der Waals surface area contributed by atoms with Crippen LogP contribution in [0.1, 0.15) is 23.6 Å². The number of benzene rings is 1. The lowest BCUT2D eigenvalue weighted by molar-refractivity contribution is -0.688. The van der Waals surface area contributed by atoms with Crippen LogP contribution in [-0.2, 0) is 35.3 Å². The number of pyridine rings is 1. The fourth-order valence-electron chi connectivity index (χ4n) is 3.42. The van der Waals surface area contributed by atoms with Crippen LogP contribution in [0.25, 0.3) is 11.3 Å². The number of nitrogens with zero attached hydrogens (tertiary/aromatic N) is 1. The van der Waals surface area contributed by atoms with Crippen LogP contribution in [-0.4, -0.2) is 27.3 Å². The molecule has 1 aromatic carbocycles. The van der Waals surface area contributed by atoms with Gasteiger partial charge in [-0.3, -0.25) is 4.79 Å². The van der Waals surface area contributed by atoms with Crippen molar-refractivity contribution in [3.63, 3.8) is 0 Å². The largest absolute Gasteiger partial charge is 0.493 e. The fourth-order valence-corrected chi connectivity index (χ4v) is 3.42. The van der Waals surface area contributed by atoms with E-state index >= 15 is 0 Å². The summed E-state index contributed by atoms with van der Waals surface area (Å²) in [5.41, 5.74) is 5.64. The Morgan fingerprint density at radius 1 is 1.08 bits per heavy atom. The molecule has 0 N–H and O–H groups in total. The molecule has 0 unspecified atom stereocenters. The van der Waals surface area contributed by atoms with Gasteiger partial charge in [0.1, 0.15) is 0 Å². The summed E-state index contributed by atoms with van der Waals surface area (Å²) in [5, 5.41) is 0. The molecule has 5 heteroatoms. The molecule has 1 aliphatic heterocycles. The zero-order valence-corrected chi connectivity index (χ0v) is 15.2. The maximum absolute atomic E-state index is 11.8. The topological polar surface area (TPSA) is 48.6 Å². The lowest BCUT2D eigenvalue weighted by atomic mass is 9.93. The van der Waals surface area contributed by atoms with E-state index in [1.165, 1.54) is 18.2 Å². The van der Waals surface area contributed by atoms with Gasteiger partial charge < -0.3 is 14.2 Å². The highest BCUT2D eigenvalue weighted by molar-refractivity contribution is 5.74. The summed E-state index contributed by atoms with van der Waals surface area (Å²) in [6.07, 6.45) is 4.27. The summed E-state index contributed by atoms with van der Waals surface area (Å²) in [6.45, 7) is 3.01. The van der Waals surface area contributed by atoms with Crippen LogP contribution in [0.5, 0.6) is 11.5 Å². The number of esters is 1.